The number of hydrogen-bond acceptors (Lipinski definition) is 4. The lowest BCUT2D eigenvalue weighted by atomic mass is 9.77. The lowest BCUT2D eigenvalue weighted by Gasteiger charge is -2.32. The van der Waals surface area contributed by atoms with Crippen LogP contribution in [-0.4, -0.2) is 31.4 Å². The molecular formula is C17H22BF3O4. The van der Waals surface area contributed by atoms with Crippen molar-refractivity contribution in [1.29, 1.82) is 0 Å². The summed E-state index contributed by atoms with van der Waals surface area (Å²) in [5, 5.41) is 0. The van der Waals surface area contributed by atoms with Gasteiger partial charge in [0.05, 0.1) is 23.9 Å². The third-order valence-corrected chi connectivity index (χ3v) is 4.79. The number of ether oxygens (including phenoxy) is 1. The van der Waals surface area contributed by atoms with Crippen molar-refractivity contribution in [2.75, 3.05) is 7.11 Å². The number of methoxy groups -OCH3 is 1. The molecule has 0 radical (unpaired) electrons. The number of aryl methyl sites for hydroxylation is 1. The first-order valence-corrected chi connectivity index (χ1v) is 8.00. The van der Waals surface area contributed by atoms with Crippen LogP contribution in [-0.2, 0) is 31.4 Å². The van der Waals surface area contributed by atoms with Crippen molar-refractivity contribution >= 4 is 18.6 Å². The Labute approximate surface area is 145 Å². The van der Waals surface area contributed by atoms with E-state index < -0.39 is 36.0 Å². The van der Waals surface area contributed by atoms with Crippen LogP contribution in [0.3, 0.4) is 0 Å². The molecular weight excluding hydrogens is 336 g/mol. The van der Waals surface area contributed by atoms with Gasteiger partial charge in [-0.25, -0.2) is 0 Å². The molecule has 0 aliphatic carbocycles. The molecule has 1 heterocycles. The van der Waals surface area contributed by atoms with Gasteiger partial charge in [-0.3, -0.25) is 4.79 Å². The summed E-state index contributed by atoms with van der Waals surface area (Å²) < 4.78 is 56.4. The van der Waals surface area contributed by atoms with Crippen molar-refractivity contribution in [1.82, 2.24) is 0 Å². The first-order chi connectivity index (χ1) is 11.4. The summed E-state index contributed by atoms with van der Waals surface area (Å²) in [4.78, 5) is 11.2. The van der Waals surface area contributed by atoms with Crippen LogP contribution in [0.2, 0.25) is 0 Å². The van der Waals surface area contributed by atoms with Crippen molar-refractivity contribution in [3.8, 4) is 0 Å². The normalized spacial score (nSPS) is 19.1. The van der Waals surface area contributed by atoms with Crippen molar-refractivity contribution in [3.63, 3.8) is 0 Å². The van der Waals surface area contributed by atoms with Crippen LogP contribution in [0.1, 0.15) is 45.2 Å². The van der Waals surface area contributed by atoms with E-state index in [1.54, 1.807) is 6.07 Å². The molecule has 4 nitrogen and oxygen atoms in total. The summed E-state index contributed by atoms with van der Waals surface area (Å²) in [5.41, 5.74) is -1.73. The maximum atomic E-state index is 13.4. The van der Waals surface area contributed by atoms with Crippen LogP contribution in [0.5, 0.6) is 0 Å². The molecule has 0 spiro atoms. The quantitative estimate of drug-likeness (QED) is 0.613. The molecule has 1 aliphatic rings. The highest BCUT2D eigenvalue weighted by molar-refractivity contribution is 6.62. The van der Waals surface area contributed by atoms with E-state index in [-0.39, 0.29) is 18.4 Å². The molecule has 1 aromatic rings. The Bertz CT molecular complexity index is 640. The standard InChI is InChI=1S/C17H22BF3O4/c1-15(2)16(3,4)25-18(24-15)12-8-6-11(7-9-14(22)23-5)13(10-12)17(19,20)21/h6,8,10H,7,9H2,1-5H3. The predicted octanol–water partition coefficient (Wildman–Crippen LogP) is 3.11. The average Bonchev–Trinajstić information content (AvgIpc) is 2.72. The molecule has 0 atom stereocenters. The molecule has 1 aromatic carbocycles. The van der Waals surface area contributed by atoms with Gasteiger partial charge in [0.15, 0.2) is 0 Å². The lowest BCUT2D eigenvalue weighted by Crippen LogP contribution is -2.41. The highest BCUT2D eigenvalue weighted by Crippen LogP contribution is 2.37. The second-order valence-corrected chi connectivity index (χ2v) is 7.08. The highest BCUT2D eigenvalue weighted by atomic mass is 19.4. The third-order valence-electron chi connectivity index (χ3n) is 4.79. The second kappa shape index (κ2) is 6.65. The van der Waals surface area contributed by atoms with Crippen molar-refractivity contribution in [3.05, 3.63) is 29.3 Å². The van der Waals surface area contributed by atoms with E-state index in [1.807, 2.05) is 27.7 Å². The van der Waals surface area contributed by atoms with Crippen molar-refractivity contribution in [2.24, 2.45) is 0 Å². The summed E-state index contributed by atoms with van der Waals surface area (Å²) in [6.07, 6.45) is -4.70. The summed E-state index contributed by atoms with van der Waals surface area (Å²) >= 11 is 0. The Morgan fingerprint density at radius 2 is 1.72 bits per heavy atom. The first kappa shape index (κ1) is 19.8. The van der Waals surface area contributed by atoms with Crippen molar-refractivity contribution < 1.29 is 32.0 Å². The Hall–Kier alpha value is -1.54. The maximum absolute atomic E-state index is 13.4. The summed E-state index contributed by atoms with van der Waals surface area (Å²) in [5.74, 6) is -0.553. The number of hydrogen-bond donors (Lipinski definition) is 0. The van der Waals surface area contributed by atoms with E-state index in [2.05, 4.69) is 4.74 Å². The molecule has 0 aromatic heterocycles. The van der Waals surface area contributed by atoms with Gasteiger partial charge in [0, 0.05) is 6.42 Å². The molecule has 8 heteroatoms. The zero-order valence-corrected chi connectivity index (χ0v) is 15.0. The molecule has 0 bridgehead atoms. The molecule has 1 saturated heterocycles. The summed E-state index contributed by atoms with van der Waals surface area (Å²) in [6, 6.07) is 3.95. The predicted molar refractivity (Wildman–Crippen MR) is 87.5 cm³/mol. The zero-order valence-electron chi connectivity index (χ0n) is 15.0. The number of halogens is 3. The fourth-order valence-electron chi connectivity index (χ4n) is 2.54. The van der Waals surface area contributed by atoms with Crippen LogP contribution in [0.4, 0.5) is 13.2 Å². The first-order valence-electron chi connectivity index (χ1n) is 8.00. The molecule has 25 heavy (non-hydrogen) atoms. The number of esters is 1. The van der Waals surface area contributed by atoms with Gasteiger partial charge in [0.1, 0.15) is 0 Å². The minimum atomic E-state index is -4.54. The number of benzene rings is 1. The topological polar surface area (TPSA) is 44.8 Å². The number of carbonyl (C=O) groups is 1. The minimum absolute atomic E-state index is 0.0400. The zero-order chi connectivity index (χ0) is 19.0. The summed E-state index contributed by atoms with van der Waals surface area (Å²) in [6.45, 7) is 7.34. The fraction of sp³-hybridized carbons (Fsp3) is 0.588. The maximum Gasteiger partial charge on any atom is 0.494 e. The number of rotatable bonds is 4. The molecule has 138 valence electrons. The number of carbonyl (C=O) groups excluding carboxylic acids is 1. The van der Waals surface area contributed by atoms with Crippen LogP contribution < -0.4 is 5.46 Å². The fourth-order valence-corrected chi connectivity index (χ4v) is 2.54. The molecule has 1 fully saturated rings. The molecule has 0 amide bonds. The largest absolute Gasteiger partial charge is 0.494 e. The van der Waals surface area contributed by atoms with Gasteiger partial charge in [-0.2, -0.15) is 13.2 Å². The lowest BCUT2D eigenvalue weighted by molar-refractivity contribution is -0.142. The third kappa shape index (κ3) is 4.18. The molecule has 1 aliphatic heterocycles. The molecule has 2 rings (SSSR count). The van der Waals surface area contributed by atoms with Gasteiger partial charge in [-0.05, 0) is 51.2 Å². The van der Waals surface area contributed by atoms with Gasteiger partial charge in [-0.1, -0.05) is 12.1 Å². The molecule has 0 unspecified atom stereocenters. The highest BCUT2D eigenvalue weighted by Gasteiger charge is 2.52. The van der Waals surface area contributed by atoms with Crippen LogP contribution in [0, 0.1) is 0 Å². The Kier molecular flexibility index (Phi) is 5.26. The second-order valence-electron chi connectivity index (χ2n) is 7.08. The van der Waals surface area contributed by atoms with E-state index >= 15 is 0 Å². The SMILES string of the molecule is COC(=O)CCc1ccc(B2OC(C)(C)C(C)(C)O2)cc1C(F)(F)F. The van der Waals surface area contributed by atoms with Gasteiger partial charge in [0.2, 0.25) is 0 Å². The average molecular weight is 358 g/mol. The monoisotopic (exact) mass is 358 g/mol. The van der Waals surface area contributed by atoms with Gasteiger partial charge >= 0.3 is 19.3 Å². The summed E-state index contributed by atoms with van der Waals surface area (Å²) in [7, 11) is 0.328. The van der Waals surface area contributed by atoms with Crippen LogP contribution in [0.15, 0.2) is 18.2 Å². The van der Waals surface area contributed by atoms with Crippen LogP contribution >= 0.6 is 0 Å². The van der Waals surface area contributed by atoms with E-state index in [0.717, 1.165) is 6.07 Å². The number of alkyl halides is 3. The van der Waals surface area contributed by atoms with Gasteiger partial charge in [-0.15, -0.1) is 0 Å². The van der Waals surface area contributed by atoms with Crippen LogP contribution in [0.25, 0.3) is 0 Å². The van der Waals surface area contributed by atoms with Gasteiger partial charge in [0.25, 0.3) is 0 Å². The van der Waals surface area contributed by atoms with E-state index in [0.29, 0.717) is 5.46 Å². The molecule has 0 N–H and O–H groups in total. The van der Waals surface area contributed by atoms with Gasteiger partial charge < -0.3 is 14.0 Å². The molecule has 0 saturated carbocycles. The smallest absolute Gasteiger partial charge is 0.469 e. The van der Waals surface area contributed by atoms with E-state index in [1.165, 1.54) is 13.2 Å². The Balaban J connectivity index is 2.32. The van der Waals surface area contributed by atoms with E-state index in [9.17, 15) is 18.0 Å². The Morgan fingerprint density at radius 1 is 1.16 bits per heavy atom. The van der Waals surface area contributed by atoms with E-state index in [4.69, 9.17) is 9.31 Å². The van der Waals surface area contributed by atoms with Crippen molar-refractivity contribution in [2.45, 2.75) is 57.9 Å². The minimum Gasteiger partial charge on any atom is -0.469 e. The Morgan fingerprint density at radius 3 is 2.20 bits per heavy atom.